The van der Waals surface area contributed by atoms with Crippen LogP contribution in [0.2, 0.25) is 0 Å². The van der Waals surface area contributed by atoms with Crippen molar-refractivity contribution in [3.8, 4) is 0 Å². The normalized spacial score (nSPS) is 14.6. The molecule has 1 aromatic carbocycles. The first-order chi connectivity index (χ1) is 9.05. The first-order valence-electron chi connectivity index (χ1n) is 5.83. The lowest BCUT2D eigenvalue weighted by Crippen LogP contribution is -2.29. The smallest absolute Gasteiger partial charge is 0.207 e. The van der Waals surface area contributed by atoms with E-state index in [0.717, 1.165) is 16.4 Å². The first-order valence-corrected chi connectivity index (χ1v) is 8.18. The molecule has 0 aliphatic heterocycles. The fourth-order valence-corrected chi connectivity index (χ4v) is 2.93. The molecule has 3 nitrogen and oxygen atoms in total. The Hall–Kier alpha value is -0.600. The minimum atomic E-state index is -4.56. The summed E-state index contributed by atoms with van der Waals surface area (Å²) in [7, 11) is -2.55. The van der Waals surface area contributed by atoms with Crippen molar-refractivity contribution in [2.45, 2.75) is 29.2 Å². The molecule has 1 rings (SSSR count). The molecular weight excluding hydrogens is 359 g/mol. The third-order valence-electron chi connectivity index (χ3n) is 2.71. The van der Waals surface area contributed by atoms with E-state index >= 15 is 0 Å². The highest BCUT2D eigenvalue weighted by molar-refractivity contribution is 9.09. The number of nitrogens with zero attached hydrogens (tertiary/aromatic N) is 1. The molecule has 1 aromatic rings. The van der Waals surface area contributed by atoms with Crippen LogP contribution in [0.15, 0.2) is 29.2 Å². The molecule has 0 amide bonds. The standard InChI is InChI=1S/C12H15BrF3NO2S/c1-9(13)6-7-17(2)20(18,19)11-5-3-4-10(8-11)12(14,15)16/h3-5,8-9H,6-7H2,1-2H3. The van der Waals surface area contributed by atoms with Crippen LogP contribution in [0.1, 0.15) is 18.9 Å². The Labute approximate surface area is 125 Å². The maximum Gasteiger partial charge on any atom is 0.416 e. The molecule has 8 heteroatoms. The molecule has 0 bridgehead atoms. The lowest BCUT2D eigenvalue weighted by atomic mass is 10.2. The highest BCUT2D eigenvalue weighted by Crippen LogP contribution is 2.31. The van der Waals surface area contributed by atoms with E-state index in [1.807, 2.05) is 6.92 Å². The zero-order chi connectivity index (χ0) is 15.6. The Balaban J connectivity index is 3.04. The predicted molar refractivity (Wildman–Crippen MR) is 74.3 cm³/mol. The minimum Gasteiger partial charge on any atom is -0.207 e. The average molecular weight is 374 g/mol. The largest absolute Gasteiger partial charge is 0.416 e. The van der Waals surface area contributed by atoms with E-state index in [-0.39, 0.29) is 16.3 Å². The second-order valence-electron chi connectivity index (χ2n) is 4.42. The van der Waals surface area contributed by atoms with E-state index in [4.69, 9.17) is 0 Å². The van der Waals surface area contributed by atoms with Crippen molar-refractivity contribution < 1.29 is 21.6 Å². The summed E-state index contributed by atoms with van der Waals surface area (Å²) in [6.45, 7) is 2.09. The van der Waals surface area contributed by atoms with Gasteiger partial charge in [-0.05, 0) is 24.6 Å². The van der Waals surface area contributed by atoms with Crippen molar-refractivity contribution in [3.05, 3.63) is 29.8 Å². The zero-order valence-electron chi connectivity index (χ0n) is 11.0. The van der Waals surface area contributed by atoms with Crippen LogP contribution in [0.3, 0.4) is 0 Å². The number of hydrogen-bond acceptors (Lipinski definition) is 2. The number of benzene rings is 1. The summed E-state index contributed by atoms with van der Waals surface area (Å²) < 4.78 is 63.2. The summed E-state index contributed by atoms with van der Waals surface area (Å²) in [4.78, 5) is -0.223. The maximum atomic E-state index is 12.6. The number of halogens is 4. The molecule has 0 aromatic heterocycles. The third kappa shape index (κ3) is 4.46. The van der Waals surface area contributed by atoms with E-state index in [1.54, 1.807) is 0 Å². The van der Waals surface area contributed by atoms with Crippen LogP contribution in [-0.2, 0) is 16.2 Å². The van der Waals surface area contributed by atoms with Gasteiger partial charge in [0.25, 0.3) is 0 Å². The van der Waals surface area contributed by atoms with Gasteiger partial charge in [-0.3, -0.25) is 0 Å². The number of hydrogen-bond donors (Lipinski definition) is 0. The van der Waals surface area contributed by atoms with Crippen LogP contribution in [0, 0.1) is 0 Å². The van der Waals surface area contributed by atoms with Crippen molar-refractivity contribution in [1.29, 1.82) is 0 Å². The van der Waals surface area contributed by atoms with Crippen molar-refractivity contribution in [2.24, 2.45) is 0 Å². The van der Waals surface area contributed by atoms with Crippen LogP contribution < -0.4 is 0 Å². The lowest BCUT2D eigenvalue weighted by Gasteiger charge is -2.18. The molecule has 1 unspecified atom stereocenters. The number of sulfonamides is 1. The summed E-state index contributed by atoms with van der Waals surface area (Å²) >= 11 is 3.29. The number of rotatable bonds is 5. The monoisotopic (exact) mass is 373 g/mol. The Morgan fingerprint density at radius 2 is 1.95 bits per heavy atom. The van der Waals surface area contributed by atoms with Crippen molar-refractivity contribution in [3.63, 3.8) is 0 Å². The molecule has 0 fully saturated rings. The highest BCUT2D eigenvalue weighted by Gasteiger charge is 2.32. The molecule has 0 saturated heterocycles. The molecule has 0 radical (unpaired) electrons. The van der Waals surface area contributed by atoms with E-state index in [2.05, 4.69) is 15.9 Å². The van der Waals surface area contributed by atoms with Crippen LogP contribution in [-0.4, -0.2) is 31.1 Å². The van der Waals surface area contributed by atoms with Gasteiger partial charge in [-0.1, -0.05) is 28.9 Å². The predicted octanol–water partition coefficient (Wildman–Crippen LogP) is 3.50. The van der Waals surface area contributed by atoms with E-state index in [9.17, 15) is 21.6 Å². The van der Waals surface area contributed by atoms with Crippen LogP contribution in [0.5, 0.6) is 0 Å². The van der Waals surface area contributed by atoms with Crippen LogP contribution >= 0.6 is 15.9 Å². The summed E-state index contributed by atoms with van der Waals surface area (Å²) in [5.74, 6) is 0. The molecule has 0 spiro atoms. The first kappa shape index (κ1) is 17.5. The van der Waals surface area contributed by atoms with Gasteiger partial charge in [0.05, 0.1) is 10.5 Å². The lowest BCUT2D eigenvalue weighted by molar-refractivity contribution is -0.137. The molecule has 0 saturated carbocycles. The van der Waals surface area contributed by atoms with Crippen molar-refractivity contribution in [1.82, 2.24) is 4.31 Å². The van der Waals surface area contributed by atoms with E-state index in [0.29, 0.717) is 12.5 Å². The molecular formula is C12H15BrF3NO2S. The van der Waals surface area contributed by atoms with Gasteiger partial charge < -0.3 is 0 Å². The summed E-state index contributed by atoms with van der Waals surface area (Å²) in [6.07, 6.45) is -4.00. The van der Waals surface area contributed by atoms with Gasteiger partial charge in [0, 0.05) is 18.4 Å². The van der Waals surface area contributed by atoms with Crippen LogP contribution in [0.4, 0.5) is 13.2 Å². The zero-order valence-corrected chi connectivity index (χ0v) is 13.4. The van der Waals surface area contributed by atoms with E-state index < -0.39 is 21.8 Å². The van der Waals surface area contributed by atoms with Gasteiger partial charge in [0.1, 0.15) is 0 Å². The molecule has 0 N–H and O–H groups in total. The SMILES string of the molecule is CC(Br)CCN(C)S(=O)(=O)c1cccc(C(F)(F)F)c1. The minimum absolute atomic E-state index is 0.127. The fourth-order valence-electron chi connectivity index (χ4n) is 1.49. The average Bonchev–Trinajstić information content (AvgIpc) is 2.34. The maximum absolute atomic E-state index is 12.6. The Kier molecular flexibility index (Phi) is 5.62. The Morgan fingerprint density at radius 3 is 2.45 bits per heavy atom. The molecule has 114 valence electrons. The fraction of sp³-hybridized carbons (Fsp3) is 0.500. The summed E-state index contributed by atoms with van der Waals surface area (Å²) in [5.41, 5.74) is -0.971. The Bertz CT molecular complexity index is 558. The van der Waals surface area contributed by atoms with Gasteiger partial charge in [0.15, 0.2) is 0 Å². The second kappa shape index (κ2) is 6.44. The van der Waals surface area contributed by atoms with Gasteiger partial charge in [0.2, 0.25) is 10.0 Å². The quantitative estimate of drug-likeness (QED) is 0.740. The topological polar surface area (TPSA) is 37.4 Å². The highest BCUT2D eigenvalue weighted by atomic mass is 79.9. The van der Waals surface area contributed by atoms with Crippen molar-refractivity contribution >= 4 is 26.0 Å². The molecule has 0 aliphatic rings. The third-order valence-corrected chi connectivity index (χ3v) is 5.02. The van der Waals surface area contributed by atoms with Crippen LogP contribution in [0.25, 0.3) is 0 Å². The Morgan fingerprint density at radius 1 is 1.35 bits per heavy atom. The summed E-state index contributed by atoms with van der Waals surface area (Å²) in [5, 5.41) is 0. The van der Waals surface area contributed by atoms with Gasteiger partial charge in [-0.15, -0.1) is 0 Å². The molecule has 1 atom stereocenters. The van der Waals surface area contributed by atoms with Gasteiger partial charge in [-0.2, -0.15) is 13.2 Å². The number of alkyl halides is 4. The van der Waals surface area contributed by atoms with Crippen molar-refractivity contribution in [2.75, 3.05) is 13.6 Å². The summed E-state index contributed by atoms with van der Waals surface area (Å²) in [6, 6.07) is 3.76. The van der Waals surface area contributed by atoms with Gasteiger partial charge >= 0.3 is 6.18 Å². The molecule has 0 aliphatic carbocycles. The van der Waals surface area contributed by atoms with E-state index in [1.165, 1.54) is 13.1 Å². The second-order valence-corrected chi connectivity index (χ2v) is 8.03. The molecule has 0 heterocycles. The molecule has 20 heavy (non-hydrogen) atoms. The van der Waals surface area contributed by atoms with Gasteiger partial charge in [-0.25, -0.2) is 12.7 Å².